The van der Waals surface area contributed by atoms with E-state index in [1.807, 2.05) is 0 Å². The van der Waals surface area contributed by atoms with Gasteiger partial charge in [-0.05, 0) is 53.5 Å². The highest BCUT2D eigenvalue weighted by atomic mass is 15.1. The molecule has 2 nitrogen and oxygen atoms in total. The molecule has 0 N–H and O–H groups in total. The quantitative estimate of drug-likeness (QED) is 0.758. The molecule has 0 saturated carbocycles. The van der Waals surface area contributed by atoms with Crippen molar-refractivity contribution in [1.82, 2.24) is 0 Å². The Balaban J connectivity index is 2.09. The summed E-state index contributed by atoms with van der Waals surface area (Å²) in [6.45, 7) is 2.86. The van der Waals surface area contributed by atoms with Crippen LogP contribution < -0.4 is 4.90 Å². The number of benzene rings is 2. The molecule has 0 heterocycles. The predicted octanol–water partition coefficient (Wildman–Crippen LogP) is 5.14. The average Bonchev–Trinajstić information content (AvgIpc) is 2.65. The molecule has 0 aliphatic heterocycles. The van der Waals surface area contributed by atoms with Crippen molar-refractivity contribution in [2.75, 3.05) is 25.5 Å². The van der Waals surface area contributed by atoms with Crippen LogP contribution in [0.1, 0.15) is 18.1 Å². The van der Waals surface area contributed by atoms with E-state index in [0.29, 0.717) is 0 Å². The van der Waals surface area contributed by atoms with Crippen LogP contribution >= 0.6 is 0 Å². The first-order valence-electron chi connectivity index (χ1n) is 8.67. The molecule has 0 amide bonds. The maximum Gasteiger partial charge on any atom is 0.0574 e. The number of nitrogens with zero attached hydrogens (tertiary/aromatic N) is 2. The summed E-state index contributed by atoms with van der Waals surface area (Å²) >= 11 is 0. The Morgan fingerprint density at radius 3 is 1.96 bits per heavy atom. The van der Waals surface area contributed by atoms with Gasteiger partial charge in [0.2, 0.25) is 0 Å². The highest BCUT2D eigenvalue weighted by Crippen LogP contribution is 2.30. The van der Waals surface area contributed by atoms with E-state index in [4.69, 9.17) is 0 Å². The number of aliphatic imine (C=N–C) groups is 1. The molecule has 0 aromatic heterocycles. The summed E-state index contributed by atoms with van der Waals surface area (Å²) in [4.78, 5) is 6.59. The summed E-state index contributed by atoms with van der Waals surface area (Å²) in [6.07, 6.45) is 8.51. The van der Waals surface area contributed by atoms with E-state index in [9.17, 15) is 0 Å². The molecular formula is C23H24N2. The normalized spacial score (nSPS) is 13.1. The second-order valence-electron chi connectivity index (χ2n) is 6.20. The minimum Gasteiger partial charge on any atom is -0.378 e. The van der Waals surface area contributed by atoms with Crippen LogP contribution in [0.2, 0.25) is 0 Å². The van der Waals surface area contributed by atoms with E-state index >= 15 is 0 Å². The van der Waals surface area contributed by atoms with Crippen LogP contribution in [0.25, 0.3) is 5.57 Å². The number of hydrogen-bond acceptors (Lipinski definition) is 2. The van der Waals surface area contributed by atoms with Crippen molar-refractivity contribution in [3.8, 4) is 0 Å². The molecule has 0 bridgehead atoms. The molecule has 1 aliphatic rings. The largest absolute Gasteiger partial charge is 0.378 e. The van der Waals surface area contributed by atoms with Crippen molar-refractivity contribution in [1.29, 1.82) is 0 Å². The zero-order chi connectivity index (χ0) is 17.6. The highest BCUT2D eigenvalue weighted by Gasteiger charge is 2.11. The first-order valence-corrected chi connectivity index (χ1v) is 8.67. The molecule has 126 valence electrons. The van der Waals surface area contributed by atoms with Gasteiger partial charge in [0.1, 0.15) is 0 Å². The van der Waals surface area contributed by atoms with Gasteiger partial charge in [-0.3, -0.25) is 4.99 Å². The maximum absolute atomic E-state index is 4.47. The molecule has 2 heteroatoms. The minimum absolute atomic E-state index is 0.806. The Labute approximate surface area is 150 Å². The SMILES string of the molecule is CCN=C1C=CC(=C(c2ccccc2)c2ccc(N(C)C)cc2)C=C1. The lowest BCUT2D eigenvalue weighted by Gasteiger charge is -2.16. The van der Waals surface area contributed by atoms with E-state index in [1.165, 1.54) is 28.0 Å². The Morgan fingerprint density at radius 1 is 0.800 bits per heavy atom. The number of anilines is 1. The fourth-order valence-corrected chi connectivity index (χ4v) is 2.95. The van der Waals surface area contributed by atoms with Crippen LogP contribution in [0, 0.1) is 0 Å². The third kappa shape index (κ3) is 3.97. The Morgan fingerprint density at radius 2 is 1.40 bits per heavy atom. The summed E-state index contributed by atoms with van der Waals surface area (Å²) < 4.78 is 0. The van der Waals surface area contributed by atoms with Gasteiger partial charge in [0.25, 0.3) is 0 Å². The van der Waals surface area contributed by atoms with Crippen LogP contribution in [0.5, 0.6) is 0 Å². The fraction of sp³-hybridized carbons (Fsp3) is 0.174. The summed E-state index contributed by atoms with van der Waals surface area (Å²) in [6, 6.07) is 19.3. The summed E-state index contributed by atoms with van der Waals surface area (Å²) in [7, 11) is 4.12. The lowest BCUT2D eigenvalue weighted by molar-refractivity contribution is 1.13. The van der Waals surface area contributed by atoms with Gasteiger partial charge in [-0.2, -0.15) is 0 Å². The zero-order valence-electron chi connectivity index (χ0n) is 15.1. The van der Waals surface area contributed by atoms with Crippen LogP contribution in [-0.4, -0.2) is 26.4 Å². The third-order valence-corrected chi connectivity index (χ3v) is 4.23. The standard InChI is InChI=1S/C23H24N2/c1-4-24-21-14-10-19(11-15-21)23(18-8-6-5-7-9-18)20-12-16-22(17-13-20)25(2)3/h5-17H,4H2,1-3H3. The van der Waals surface area contributed by atoms with Crippen molar-refractivity contribution in [2.24, 2.45) is 4.99 Å². The summed E-state index contributed by atoms with van der Waals surface area (Å²) in [5, 5.41) is 0. The smallest absolute Gasteiger partial charge is 0.0574 e. The number of hydrogen-bond donors (Lipinski definition) is 0. The second-order valence-corrected chi connectivity index (χ2v) is 6.20. The summed E-state index contributed by atoms with van der Waals surface area (Å²) in [5.74, 6) is 0. The molecule has 2 aromatic rings. The molecule has 0 radical (unpaired) electrons. The van der Waals surface area contributed by atoms with Gasteiger partial charge in [0.15, 0.2) is 0 Å². The van der Waals surface area contributed by atoms with Crippen molar-refractivity contribution in [3.63, 3.8) is 0 Å². The van der Waals surface area contributed by atoms with Crippen molar-refractivity contribution >= 4 is 17.0 Å². The van der Waals surface area contributed by atoms with E-state index in [2.05, 4.69) is 110 Å². The molecule has 25 heavy (non-hydrogen) atoms. The Bertz CT molecular complexity index is 817. The van der Waals surface area contributed by atoms with Crippen LogP contribution in [0.4, 0.5) is 5.69 Å². The minimum atomic E-state index is 0.806. The Hall–Kier alpha value is -2.87. The number of allylic oxidation sites excluding steroid dienone is 5. The number of rotatable bonds is 4. The van der Waals surface area contributed by atoms with Gasteiger partial charge in [-0.1, -0.05) is 54.6 Å². The Kier molecular flexibility index (Phi) is 5.30. The van der Waals surface area contributed by atoms with E-state index < -0.39 is 0 Å². The second kappa shape index (κ2) is 7.80. The molecule has 0 atom stereocenters. The third-order valence-electron chi connectivity index (χ3n) is 4.23. The molecule has 1 aliphatic carbocycles. The van der Waals surface area contributed by atoms with Gasteiger partial charge in [-0.25, -0.2) is 0 Å². The van der Waals surface area contributed by atoms with Gasteiger partial charge in [0, 0.05) is 26.3 Å². The first-order chi connectivity index (χ1) is 12.2. The van der Waals surface area contributed by atoms with Crippen LogP contribution in [0.3, 0.4) is 0 Å². The molecule has 0 saturated heterocycles. The molecule has 0 unspecified atom stereocenters. The molecule has 3 rings (SSSR count). The van der Waals surface area contributed by atoms with E-state index in [0.717, 1.165) is 12.3 Å². The highest BCUT2D eigenvalue weighted by molar-refractivity contribution is 6.07. The van der Waals surface area contributed by atoms with Gasteiger partial charge < -0.3 is 4.90 Å². The molecule has 0 spiro atoms. The molecule has 0 fully saturated rings. The monoisotopic (exact) mass is 328 g/mol. The lowest BCUT2D eigenvalue weighted by Crippen LogP contribution is -2.08. The predicted molar refractivity (Wildman–Crippen MR) is 109 cm³/mol. The van der Waals surface area contributed by atoms with Crippen molar-refractivity contribution < 1.29 is 0 Å². The lowest BCUT2D eigenvalue weighted by atomic mass is 9.91. The van der Waals surface area contributed by atoms with Crippen LogP contribution in [0.15, 0.2) is 89.5 Å². The fourth-order valence-electron chi connectivity index (χ4n) is 2.95. The van der Waals surface area contributed by atoms with Crippen molar-refractivity contribution in [3.05, 3.63) is 95.6 Å². The zero-order valence-corrected chi connectivity index (χ0v) is 15.1. The average molecular weight is 328 g/mol. The van der Waals surface area contributed by atoms with Gasteiger partial charge >= 0.3 is 0 Å². The molecule has 2 aromatic carbocycles. The van der Waals surface area contributed by atoms with E-state index in [1.54, 1.807) is 0 Å². The maximum atomic E-state index is 4.47. The van der Waals surface area contributed by atoms with E-state index in [-0.39, 0.29) is 0 Å². The first kappa shape index (κ1) is 17.0. The van der Waals surface area contributed by atoms with Crippen LogP contribution in [-0.2, 0) is 0 Å². The molecular weight excluding hydrogens is 304 g/mol. The topological polar surface area (TPSA) is 15.6 Å². The van der Waals surface area contributed by atoms with Gasteiger partial charge in [-0.15, -0.1) is 0 Å². The van der Waals surface area contributed by atoms with Crippen molar-refractivity contribution in [2.45, 2.75) is 6.92 Å². The summed E-state index contributed by atoms with van der Waals surface area (Å²) in [5.41, 5.74) is 7.12. The van der Waals surface area contributed by atoms with Gasteiger partial charge in [0.05, 0.1) is 5.71 Å².